The third-order valence-corrected chi connectivity index (χ3v) is 3.21. The van der Waals surface area contributed by atoms with Crippen molar-refractivity contribution in [2.24, 2.45) is 5.92 Å². The molecule has 1 fully saturated rings. The van der Waals surface area contributed by atoms with Crippen LogP contribution in [-0.4, -0.2) is 18.6 Å². The normalized spacial score (nSPS) is 15.1. The van der Waals surface area contributed by atoms with Crippen molar-refractivity contribution in [3.63, 3.8) is 0 Å². The van der Waals surface area contributed by atoms with Crippen LogP contribution in [-0.2, 0) is 0 Å². The molecule has 17 heavy (non-hydrogen) atoms. The summed E-state index contributed by atoms with van der Waals surface area (Å²) in [5, 5.41) is 14.1. The highest BCUT2D eigenvalue weighted by Crippen LogP contribution is 2.31. The molecule has 1 saturated carbocycles. The van der Waals surface area contributed by atoms with Gasteiger partial charge in [0.15, 0.2) is 0 Å². The molecule has 0 radical (unpaired) electrons. The number of nitro groups is 1. The summed E-state index contributed by atoms with van der Waals surface area (Å²) in [6, 6.07) is 4.88. The van der Waals surface area contributed by atoms with Gasteiger partial charge in [-0.05, 0) is 30.9 Å². The van der Waals surface area contributed by atoms with Crippen molar-refractivity contribution in [2.45, 2.75) is 19.3 Å². The topological polar surface area (TPSA) is 64.4 Å². The largest absolute Gasteiger partial charge is 0.496 e. The van der Waals surface area contributed by atoms with E-state index < -0.39 is 0 Å². The average Bonchev–Trinajstić information content (AvgIpc) is 2.27. The lowest BCUT2D eigenvalue weighted by molar-refractivity contribution is -0.384. The van der Waals surface area contributed by atoms with Crippen LogP contribution in [0.4, 0.5) is 11.4 Å². The van der Waals surface area contributed by atoms with Crippen LogP contribution in [0.25, 0.3) is 0 Å². The van der Waals surface area contributed by atoms with Gasteiger partial charge in [0.05, 0.1) is 18.1 Å². The van der Waals surface area contributed by atoms with Crippen LogP contribution in [0.5, 0.6) is 5.75 Å². The Kier molecular flexibility index (Phi) is 3.46. The molecular formula is C12H16N2O3. The zero-order chi connectivity index (χ0) is 12.3. The van der Waals surface area contributed by atoms with Crippen LogP contribution in [0.2, 0.25) is 0 Å². The minimum atomic E-state index is -0.383. The standard InChI is InChI=1S/C12H16N2O3/c1-17-10-5-6-11(12(7-10)14(15)16)13-8-9-3-2-4-9/h5-7,9,13H,2-4,8H2,1H3. The smallest absolute Gasteiger partial charge is 0.296 e. The third kappa shape index (κ3) is 2.67. The summed E-state index contributed by atoms with van der Waals surface area (Å²) in [7, 11) is 1.50. The van der Waals surface area contributed by atoms with Crippen LogP contribution in [0.1, 0.15) is 19.3 Å². The Hall–Kier alpha value is -1.78. The molecule has 5 heteroatoms. The molecule has 0 amide bonds. The molecule has 1 aromatic carbocycles. The fraction of sp³-hybridized carbons (Fsp3) is 0.500. The number of ether oxygens (including phenoxy) is 1. The van der Waals surface area contributed by atoms with E-state index in [4.69, 9.17) is 4.74 Å². The molecule has 0 unspecified atom stereocenters. The number of methoxy groups -OCH3 is 1. The molecule has 2 rings (SSSR count). The Morgan fingerprint density at radius 3 is 2.82 bits per heavy atom. The number of anilines is 1. The molecule has 0 saturated heterocycles. The summed E-state index contributed by atoms with van der Waals surface area (Å²) in [5.74, 6) is 1.17. The SMILES string of the molecule is COc1ccc(NCC2CCC2)c([N+](=O)[O-])c1. The van der Waals surface area contributed by atoms with Crippen molar-refractivity contribution < 1.29 is 9.66 Å². The number of nitro benzene ring substituents is 1. The Morgan fingerprint density at radius 2 is 2.29 bits per heavy atom. The van der Waals surface area contributed by atoms with Gasteiger partial charge in [-0.1, -0.05) is 6.42 Å². The average molecular weight is 236 g/mol. The Morgan fingerprint density at radius 1 is 1.53 bits per heavy atom. The maximum absolute atomic E-state index is 10.9. The van der Waals surface area contributed by atoms with E-state index in [9.17, 15) is 10.1 Å². The molecule has 1 aliphatic carbocycles. The molecule has 0 aromatic heterocycles. The highest BCUT2D eigenvalue weighted by Gasteiger charge is 2.19. The first-order valence-electron chi connectivity index (χ1n) is 5.77. The van der Waals surface area contributed by atoms with Gasteiger partial charge in [0, 0.05) is 6.54 Å². The van der Waals surface area contributed by atoms with E-state index in [2.05, 4.69) is 5.32 Å². The molecule has 1 N–H and O–H groups in total. The Balaban J connectivity index is 2.10. The van der Waals surface area contributed by atoms with Crippen LogP contribution in [0.15, 0.2) is 18.2 Å². The molecule has 1 aromatic rings. The second-order valence-corrected chi connectivity index (χ2v) is 4.32. The minimum Gasteiger partial charge on any atom is -0.496 e. The van der Waals surface area contributed by atoms with Crippen LogP contribution < -0.4 is 10.1 Å². The summed E-state index contributed by atoms with van der Waals surface area (Å²) in [4.78, 5) is 10.5. The van der Waals surface area contributed by atoms with Gasteiger partial charge in [0.1, 0.15) is 11.4 Å². The number of benzene rings is 1. The molecule has 0 atom stereocenters. The fourth-order valence-electron chi connectivity index (χ4n) is 1.89. The zero-order valence-electron chi connectivity index (χ0n) is 9.81. The molecule has 92 valence electrons. The van der Waals surface area contributed by atoms with Crippen molar-refractivity contribution in [1.29, 1.82) is 0 Å². The molecule has 0 aliphatic heterocycles. The molecule has 5 nitrogen and oxygen atoms in total. The predicted octanol–water partition coefficient (Wildman–Crippen LogP) is 2.82. The molecular weight excluding hydrogens is 220 g/mol. The van der Waals surface area contributed by atoms with Gasteiger partial charge in [-0.15, -0.1) is 0 Å². The van der Waals surface area contributed by atoms with Crippen molar-refractivity contribution in [1.82, 2.24) is 0 Å². The second kappa shape index (κ2) is 5.03. The van der Waals surface area contributed by atoms with Crippen molar-refractivity contribution in [2.75, 3.05) is 19.0 Å². The first kappa shape index (κ1) is 11.7. The molecule has 1 aliphatic rings. The van der Waals surface area contributed by atoms with E-state index in [0.717, 1.165) is 6.54 Å². The van der Waals surface area contributed by atoms with E-state index in [-0.39, 0.29) is 10.6 Å². The maximum Gasteiger partial charge on any atom is 0.296 e. The molecule has 0 spiro atoms. The predicted molar refractivity (Wildman–Crippen MR) is 65.5 cm³/mol. The van der Waals surface area contributed by atoms with E-state index in [1.807, 2.05) is 0 Å². The van der Waals surface area contributed by atoms with E-state index >= 15 is 0 Å². The van der Waals surface area contributed by atoms with Gasteiger partial charge in [-0.25, -0.2) is 0 Å². The van der Waals surface area contributed by atoms with Crippen molar-refractivity contribution in [3.05, 3.63) is 28.3 Å². The number of rotatable bonds is 5. The Labute approximate surface area is 99.9 Å². The summed E-state index contributed by atoms with van der Waals surface area (Å²) in [6.07, 6.45) is 3.71. The maximum atomic E-state index is 10.9. The highest BCUT2D eigenvalue weighted by atomic mass is 16.6. The van der Waals surface area contributed by atoms with Gasteiger partial charge in [-0.2, -0.15) is 0 Å². The minimum absolute atomic E-state index is 0.0728. The quantitative estimate of drug-likeness (QED) is 0.630. The van der Waals surface area contributed by atoms with E-state index in [0.29, 0.717) is 17.4 Å². The lowest BCUT2D eigenvalue weighted by Crippen LogP contribution is -2.21. The van der Waals surface area contributed by atoms with Gasteiger partial charge in [0.25, 0.3) is 5.69 Å². The van der Waals surface area contributed by atoms with Gasteiger partial charge < -0.3 is 10.1 Å². The van der Waals surface area contributed by atoms with Crippen LogP contribution in [0.3, 0.4) is 0 Å². The number of hydrogen-bond acceptors (Lipinski definition) is 4. The van der Waals surface area contributed by atoms with Crippen LogP contribution in [0, 0.1) is 16.0 Å². The van der Waals surface area contributed by atoms with Crippen molar-refractivity contribution >= 4 is 11.4 Å². The monoisotopic (exact) mass is 236 g/mol. The summed E-state index contributed by atoms with van der Waals surface area (Å²) >= 11 is 0. The van der Waals surface area contributed by atoms with E-state index in [1.54, 1.807) is 12.1 Å². The summed E-state index contributed by atoms with van der Waals surface area (Å²) < 4.78 is 4.99. The van der Waals surface area contributed by atoms with E-state index in [1.165, 1.54) is 32.4 Å². The zero-order valence-corrected chi connectivity index (χ0v) is 9.81. The lowest BCUT2D eigenvalue weighted by Gasteiger charge is -2.25. The number of hydrogen-bond donors (Lipinski definition) is 1. The summed E-state index contributed by atoms with van der Waals surface area (Å²) in [5.41, 5.74) is 0.645. The number of nitrogens with one attached hydrogen (secondary N) is 1. The first-order valence-corrected chi connectivity index (χ1v) is 5.77. The third-order valence-electron chi connectivity index (χ3n) is 3.21. The molecule has 0 bridgehead atoms. The Bertz CT molecular complexity index is 416. The van der Waals surface area contributed by atoms with Gasteiger partial charge in [-0.3, -0.25) is 10.1 Å². The molecule has 0 heterocycles. The number of nitrogens with zero attached hydrogens (tertiary/aromatic N) is 1. The highest BCUT2D eigenvalue weighted by molar-refractivity contribution is 5.63. The summed E-state index contributed by atoms with van der Waals surface area (Å²) in [6.45, 7) is 0.813. The first-order chi connectivity index (χ1) is 8.20. The van der Waals surface area contributed by atoms with Crippen molar-refractivity contribution in [3.8, 4) is 5.75 Å². The lowest BCUT2D eigenvalue weighted by atomic mass is 9.85. The second-order valence-electron chi connectivity index (χ2n) is 4.32. The van der Waals surface area contributed by atoms with Crippen LogP contribution >= 0.6 is 0 Å². The van der Waals surface area contributed by atoms with Gasteiger partial charge in [0.2, 0.25) is 0 Å². The van der Waals surface area contributed by atoms with Gasteiger partial charge >= 0.3 is 0 Å². The fourth-order valence-corrected chi connectivity index (χ4v) is 1.89.